The van der Waals surface area contributed by atoms with Gasteiger partial charge in [-0.2, -0.15) is 0 Å². The molecule has 2 nitrogen and oxygen atoms in total. The summed E-state index contributed by atoms with van der Waals surface area (Å²) in [5.74, 6) is -0.277. The van der Waals surface area contributed by atoms with Gasteiger partial charge in [0.2, 0.25) is 0 Å². The van der Waals surface area contributed by atoms with E-state index < -0.39 is 5.60 Å². The number of nitrogens with one attached hydrogen (secondary N) is 1. The lowest BCUT2D eigenvalue weighted by Crippen LogP contribution is -2.40. The predicted octanol–water partition coefficient (Wildman–Crippen LogP) is 2.63. The number of aliphatic hydroxyl groups is 1. The number of rotatable bonds is 5. The van der Waals surface area contributed by atoms with E-state index in [9.17, 15) is 9.50 Å². The molecular weight excluding hydrogens is 285 g/mol. The molecule has 1 unspecified atom stereocenters. The van der Waals surface area contributed by atoms with Crippen LogP contribution in [0.1, 0.15) is 25.3 Å². The van der Waals surface area contributed by atoms with E-state index in [1.165, 1.54) is 25.0 Å². The van der Waals surface area contributed by atoms with Crippen molar-refractivity contribution in [3.8, 4) is 0 Å². The first-order valence-electron chi connectivity index (χ1n) is 5.85. The van der Waals surface area contributed by atoms with Crippen molar-refractivity contribution in [1.29, 1.82) is 0 Å². The van der Waals surface area contributed by atoms with Crippen LogP contribution in [0.3, 0.4) is 0 Å². The second-order valence-electron chi connectivity index (χ2n) is 5.11. The fourth-order valence-electron chi connectivity index (χ4n) is 1.87. The topological polar surface area (TPSA) is 32.3 Å². The minimum absolute atomic E-state index is 0.277. The van der Waals surface area contributed by atoms with Crippen molar-refractivity contribution in [2.24, 2.45) is 0 Å². The highest BCUT2D eigenvalue weighted by Gasteiger charge is 2.26. The summed E-state index contributed by atoms with van der Waals surface area (Å²) in [5, 5.41) is 13.5. The highest BCUT2D eigenvalue weighted by molar-refractivity contribution is 9.10. The van der Waals surface area contributed by atoms with Crippen LogP contribution in [0.4, 0.5) is 4.39 Å². The fraction of sp³-hybridized carbons (Fsp3) is 0.538. The van der Waals surface area contributed by atoms with Crippen LogP contribution in [0.5, 0.6) is 0 Å². The summed E-state index contributed by atoms with van der Waals surface area (Å²) in [6.45, 7) is 2.33. The van der Waals surface area contributed by atoms with Gasteiger partial charge in [-0.25, -0.2) is 4.39 Å². The normalized spacial score (nSPS) is 19.1. The van der Waals surface area contributed by atoms with Crippen molar-refractivity contribution >= 4 is 15.9 Å². The first-order chi connectivity index (χ1) is 7.94. The van der Waals surface area contributed by atoms with Gasteiger partial charge in [0.05, 0.1) is 5.60 Å². The second-order valence-corrected chi connectivity index (χ2v) is 6.02. The van der Waals surface area contributed by atoms with Crippen LogP contribution in [0, 0.1) is 5.82 Å². The zero-order valence-corrected chi connectivity index (χ0v) is 11.4. The quantitative estimate of drug-likeness (QED) is 0.876. The van der Waals surface area contributed by atoms with Gasteiger partial charge in [0, 0.05) is 23.5 Å². The Morgan fingerprint density at radius 1 is 1.47 bits per heavy atom. The first kappa shape index (κ1) is 13.0. The van der Waals surface area contributed by atoms with Crippen molar-refractivity contribution < 1.29 is 9.50 Å². The van der Waals surface area contributed by atoms with Gasteiger partial charge in [-0.15, -0.1) is 0 Å². The lowest BCUT2D eigenvalue weighted by atomic mass is 9.96. The van der Waals surface area contributed by atoms with E-state index in [4.69, 9.17) is 0 Å². The van der Waals surface area contributed by atoms with Crippen LogP contribution in [-0.4, -0.2) is 23.3 Å². The average molecular weight is 302 g/mol. The van der Waals surface area contributed by atoms with Crippen LogP contribution in [0.15, 0.2) is 22.7 Å². The summed E-state index contributed by atoms with van der Waals surface area (Å²) in [5.41, 5.74) is -0.0324. The molecule has 2 N–H and O–H groups in total. The SMILES string of the molecule is CC(O)(CNC1CC1)Cc1cc(F)cc(Br)c1. The summed E-state index contributed by atoms with van der Waals surface area (Å²) >= 11 is 3.26. The van der Waals surface area contributed by atoms with Crippen LogP contribution in [-0.2, 0) is 6.42 Å². The Morgan fingerprint density at radius 3 is 2.76 bits per heavy atom. The maximum absolute atomic E-state index is 13.2. The lowest BCUT2D eigenvalue weighted by molar-refractivity contribution is 0.0597. The third kappa shape index (κ3) is 4.37. The van der Waals surface area contributed by atoms with Gasteiger partial charge >= 0.3 is 0 Å². The Labute approximate surface area is 109 Å². The second kappa shape index (κ2) is 5.04. The van der Waals surface area contributed by atoms with Gasteiger partial charge in [0.15, 0.2) is 0 Å². The van der Waals surface area contributed by atoms with E-state index in [0.717, 1.165) is 5.56 Å². The summed E-state index contributed by atoms with van der Waals surface area (Å²) in [4.78, 5) is 0. The van der Waals surface area contributed by atoms with Crippen molar-refractivity contribution in [1.82, 2.24) is 5.32 Å². The summed E-state index contributed by atoms with van der Waals surface area (Å²) < 4.78 is 13.9. The summed E-state index contributed by atoms with van der Waals surface area (Å²) in [7, 11) is 0. The molecule has 4 heteroatoms. The molecule has 1 aliphatic carbocycles. The largest absolute Gasteiger partial charge is 0.389 e. The Morgan fingerprint density at radius 2 is 2.18 bits per heavy atom. The Kier molecular flexibility index (Phi) is 3.85. The molecule has 0 saturated heterocycles. The molecule has 94 valence electrons. The van der Waals surface area contributed by atoms with Crippen molar-refractivity contribution in [2.75, 3.05) is 6.54 Å². The van der Waals surface area contributed by atoms with E-state index >= 15 is 0 Å². The summed E-state index contributed by atoms with van der Waals surface area (Å²) in [6, 6.07) is 5.30. The smallest absolute Gasteiger partial charge is 0.124 e. The predicted molar refractivity (Wildman–Crippen MR) is 69.5 cm³/mol. The number of halogens is 2. The maximum Gasteiger partial charge on any atom is 0.124 e. The molecule has 17 heavy (non-hydrogen) atoms. The van der Waals surface area contributed by atoms with E-state index in [1.807, 2.05) is 6.07 Å². The van der Waals surface area contributed by atoms with Gasteiger partial charge in [0.1, 0.15) is 5.82 Å². The molecule has 0 aliphatic heterocycles. The van der Waals surface area contributed by atoms with Gasteiger partial charge in [-0.3, -0.25) is 0 Å². The minimum atomic E-state index is -0.837. The summed E-state index contributed by atoms with van der Waals surface area (Å²) in [6.07, 6.45) is 2.84. The van der Waals surface area contributed by atoms with E-state index in [1.54, 1.807) is 6.92 Å². The molecule has 1 aliphatic rings. The molecule has 1 atom stereocenters. The van der Waals surface area contributed by atoms with E-state index in [2.05, 4.69) is 21.2 Å². The van der Waals surface area contributed by atoms with Crippen LogP contribution in [0.2, 0.25) is 0 Å². The average Bonchev–Trinajstić information content (AvgIpc) is 2.95. The molecule has 0 heterocycles. The zero-order valence-electron chi connectivity index (χ0n) is 9.84. The molecule has 2 rings (SSSR count). The monoisotopic (exact) mass is 301 g/mol. The Hall–Kier alpha value is -0.450. The van der Waals surface area contributed by atoms with E-state index in [-0.39, 0.29) is 5.82 Å². The minimum Gasteiger partial charge on any atom is -0.389 e. The van der Waals surface area contributed by atoms with Gasteiger partial charge in [0.25, 0.3) is 0 Å². The van der Waals surface area contributed by atoms with Gasteiger partial charge in [-0.05, 0) is 43.5 Å². The van der Waals surface area contributed by atoms with Crippen LogP contribution >= 0.6 is 15.9 Å². The maximum atomic E-state index is 13.2. The number of hydrogen-bond acceptors (Lipinski definition) is 2. The third-order valence-electron chi connectivity index (χ3n) is 2.86. The first-order valence-corrected chi connectivity index (χ1v) is 6.65. The molecular formula is C13H17BrFNO. The molecule has 0 amide bonds. The zero-order chi connectivity index (χ0) is 12.5. The van der Waals surface area contributed by atoms with Crippen molar-refractivity contribution in [2.45, 2.75) is 37.8 Å². The number of hydrogen-bond donors (Lipinski definition) is 2. The lowest BCUT2D eigenvalue weighted by Gasteiger charge is -2.24. The molecule has 0 bridgehead atoms. The fourth-order valence-corrected chi connectivity index (χ4v) is 2.38. The molecule has 0 spiro atoms. The van der Waals surface area contributed by atoms with Crippen molar-refractivity contribution in [3.05, 3.63) is 34.1 Å². The molecule has 1 aromatic carbocycles. The van der Waals surface area contributed by atoms with Crippen LogP contribution < -0.4 is 5.32 Å². The Balaban J connectivity index is 1.96. The highest BCUT2D eigenvalue weighted by Crippen LogP contribution is 2.22. The number of benzene rings is 1. The van der Waals surface area contributed by atoms with Crippen molar-refractivity contribution in [3.63, 3.8) is 0 Å². The van der Waals surface area contributed by atoms with Gasteiger partial charge in [-0.1, -0.05) is 15.9 Å². The Bertz CT molecular complexity index is 384. The standard InChI is InChI=1S/C13H17BrFNO/c1-13(17,8-16-12-2-3-12)7-9-4-10(14)6-11(15)5-9/h4-6,12,16-17H,2-3,7-8H2,1H3. The molecule has 1 saturated carbocycles. The molecule has 0 radical (unpaired) electrons. The molecule has 0 aromatic heterocycles. The molecule has 1 fully saturated rings. The third-order valence-corrected chi connectivity index (χ3v) is 3.31. The highest BCUT2D eigenvalue weighted by atomic mass is 79.9. The molecule has 1 aromatic rings. The van der Waals surface area contributed by atoms with Crippen LogP contribution in [0.25, 0.3) is 0 Å². The van der Waals surface area contributed by atoms with E-state index in [0.29, 0.717) is 23.5 Å². The van der Waals surface area contributed by atoms with Gasteiger partial charge < -0.3 is 10.4 Å².